The summed E-state index contributed by atoms with van der Waals surface area (Å²) >= 11 is 6.85. The fraction of sp³-hybridized carbons (Fsp3) is 0.300. The molecule has 0 spiro atoms. The van der Waals surface area contributed by atoms with Gasteiger partial charge in [-0.2, -0.15) is 4.58 Å². The van der Waals surface area contributed by atoms with Gasteiger partial charge in [0.15, 0.2) is 5.71 Å². The quantitative estimate of drug-likeness (QED) is 0.311. The van der Waals surface area contributed by atoms with E-state index in [4.69, 9.17) is 11.6 Å². The Morgan fingerprint density at radius 2 is 1.64 bits per heavy atom. The molecule has 0 heterocycles. The topological polar surface area (TPSA) is 6.25 Å². The molecule has 0 bridgehead atoms. The number of nitrogens with zero attached hydrogens (tertiary/aromatic N) is 2. The second-order valence-electron chi connectivity index (χ2n) is 8.86. The summed E-state index contributed by atoms with van der Waals surface area (Å²) in [6, 6.07) is 16.9. The molecule has 0 amide bonds. The number of anilines is 1. The molecule has 2 aromatic rings. The predicted octanol–water partition coefficient (Wildman–Crippen LogP) is 8.24. The van der Waals surface area contributed by atoms with Crippen LogP contribution < -0.4 is 4.90 Å². The SMILES string of the molecule is C/C(=C\C=C1/CCCC(/C=C/C(C)=[N+](\C)c2ccccc2C)=C1Cl)N(C)c1ccccc1C. The highest BCUT2D eigenvalue weighted by Gasteiger charge is 2.15. The van der Waals surface area contributed by atoms with Crippen LogP contribution in [0.5, 0.6) is 0 Å². The molecule has 0 atom stereocenters. The van der Waals surface area contributed by atoms with Crippen LogP contribution in [0.15, 0.2) is 94.7 Å². The van der Waals surface area contributed by atoms with E-state index in [1.54, 1.807) is 0 Å². The Balaban J connectivity index is 1.82. The van der Waals surface area contributed by atoms with Crippen LogP contribution >= 0.6 is 11.6 Å². The van der Waals surface area contributed by atoms with Gasteiger partial charge in [0.2, 0.25) is 5.69 Å². The molecule has 0 unspecified atom stereocenters. The van der Waals surface area contributed by atoms with Gasteiger partial charge in [-0.1, -0.05) is 60.2 Å². The van der Waals surface area contributed by atoms with E-state index in [1.807, 2.05) is 0 Å². The van der Waals surface area contributed by atoms with Gasteiger partial charge < -0.3 is 4.90 Å². The van der Waals surface area contributed by atoms with Crippen molar-refractivity contribution in [1.82, 2.24) is 0 Å². The van der Waals surface area contributed by atoms with E-state index in [0.717, 1.165) is 24.3 Å². The molecule has 3 heteroatoms. The summed E-state index contributed by atoms with van der Waals surface area (Å²) in [5, 5.41) is 0.895. The van der Waals surface area contributed by atoms with Crippen LogP contribution in [0.1, 0.15) is 44.2 Å². The summed E-state index contributed by atoms with van der Waals surface area (Å²) in [6.07, 6.45) is 11.9. The number of rotatable bonds is 6. The van der Waals surface area contributed by atoms with Crippen molar-refractivity contribution >= 4 is 28.7 Å². The van der Waals surface area contributed by atoms with E-state index in [9.17, 15) is 0 Å². The fourth-order valence-electron chi connectivity index (χ4n) is 4.13. The normalized spacial score (nSPS) is 17.1. The van der Waals surface area contributed by atoms with Crippen LogP contribution in [0.2, 0.25) is 0 Å². The summed E-state index contributed by atoms with van der Waals surface area (Å²) in [7, 11) is 4.23. The highest BCUT2D eigenvalue weighted by atomic mass is 35.5. The van der Waals surface area contributed by atoms with Gasteiger partial charge in [0.1, 0.15) is 7.05 Å². The van der Waals surface area contributed by atoms with Gasteiger partial charge in [-0.15, -0.1) is 0 Å². The van der Waals surface area contributed by atoms with Crippen molar-refractivity contribution < 1.29 is 4.58 Å². The Morgan fingerprint density at radius 3 is 2.33 bits per heavy atom. The van der Waals surface area contributed by atoms with Crippen molar-refractivity contribution in [2.75, 3.05) is 19.0 Å². The molecule has 1 aliphatic rings. The number of hydrogen-bond acceptors (Lipinski definition) is 1. The first kappa shape index (κ1) is 24.8. The van der Waals surface area contributed by atoms with Gasteiger partial charge in [0.05, 0.1) is 0 Å². The molecule has 2 aromatic carbocycles. The smallest absolute Gasteiger partial charge is 0.208 e. The average molecular weight is 460 g/mol. The van der Waals surface area contributed by atoms with Gasteiger partial charge in [0, 0.05) is 48.1 Å². The summed E-state index contributed by atoms with van der Waals surface area (Å²) in [4.78, 5) is 2.23. The maximum atomic E-state index is 6.85. The zero-order valence-electron chi connectivity index (χ0n) is 20.8. The minimum absolute atomic E-state index is 0.895. The molecule has 0 saturated carbocycles. The largest absolute Gasteiger partial charge is 0.348 e. The minimum Gasteiger partial charge on any atom is -0.348 e. The van der Waals surface area contributed by atoms with E-state index in [0.29, 0.717) is 0 Å². The summed E-state index contributed by atoms with van der Waals surface area (Å²) in [6.45, 7) is 8.58. The Bertz CT molecular complexity index is 1160. The third kappa shape index (κ3) is 6.15. The van der Waals surface area contributed by atoms with Crippen molar-refractivity contribution in [3.63, 3.8) is 0 Å². The second kappa shape index (κ2) is 11.3. The van der Waals surface area contributed by atoms with Crippen molar-refractivity contribution in [1.29, 1.82) is 0 Å². The average Bonchev–Trinajstić information content (AvgIpc) is 2.82. The van der Waals surface area contributed by atoms with Gasteiger partial charge in [-0.25, -0.2) is 0 Å². The Kier molecular flexibility index (Phi) is 8.52. The third-order valence-corrected chi connectivity index (χ3v) is 7.00. The van der Waals surface area contributed by atoms with Gasteiger partial charge >= 0.3 is 0 Å². The van der Waals surface area contributed by atoms with Crippen LogP contribution in [0.4, 0.5) is 11.4 Å². The van der Waals surface area contributed by atoms with E-state index in [1.165, 1.54) is 45.1 Å². The van der Waals surface area contributed by atoms with E-state index in [-0.39, 0.29) is 0 Å². The molecular weight excluding hydrogens is 424 g/mol. The number of halogens is 1. The van der Waals surface area contributed by atoms with Crippen LogP contribution in [0, 0.1) is 13.8 Å². The molecule has 172 valence electrons. The third-order valence-electron chi connectivity index (χ3n) is 6.52. The highest BCUT2D eigenvalue weighted by Crippen LogP contribution is 2.33. The van der Waals surface area contributed by atoms with E-state index in [2.05, 4.69) is 124 Å². The Hall–Kier alpha value is -2.84. The molecule has 0 fully saturated rings. The highest BCUT2D eigenvalue weighted by molar-refractivity contribution is 6.32. The standard InChI is InChI=1S/C30H36ClN2/c1-22-12-7-9-16-28(22)32(5)24(3)18-20-26-14-11-15-27(30(26)31)21-19-25(4)33(6)29-17-10-8-13-23(29)2/h7-10,12-13,16-21H,11,14-15H2,1-6H3/q+1. The lowest BCUT2D eigenvalue weighted by molar-refractivity contribution is -0.405. The van der Waals surface area contributed by atoms with Crippen LogP contribution in [0.3, 0.4) is 0 Å². The van der Waals surface area contributed by atoms with Gasteiger partial charge in [-0.3, -0.25) is 0 Å². The zero-order chi connectivity index (χ0) is 24.0. The number of aryl methyl sites for hydroxylation is 2. The van der Waals surface area contributed by atoms with Gasteiger partial charge in [-0.05, 0) is 68.9 Å². The van der Waals surface area contributed by atoms with Crippen molar-refractivity contribution in [3.05, 3.63) is 106 Å². The number of hydrogen-bond donors (Lipinski definition) is 0. The molecule has 0 aromatic heterocycles. The molecule has 0 N–H and O–H groups in total. The maximum absolute atomic E-state index is 6.85. The Morgan fingerprint density at radius 1 is 0.970 bits per heavy atom. The molecule has 0 saturated heterocycles. The molecule has 0 radical (unpaired) electrons. The monoisotopic (exact) mass is 459 g/mol. The number of benzene rings is 2. The first-order valence-corrected chi connectivity index (χ1v) is 12.0. The zero-order valence-corrected chi connectivity index (χ0v) is 21.6. The van der Waals surface area contributed by atoms with Crippen molar-refractivity contribution in [3.8, 4) is 0 Å². The molecule has 33 heavy (non-hydrogen) atoms. The van der Waals surface area contributed by atoms with Crippen LogP contribution in [-0.4, -0.2) is 24.4 Å². The second-order valence-corrected chi connectivity index (χ2v) is 9.24. The number of para-hydroxylation sites is 2. The fourth-order valence-corrected chi connectivity index (χ4v) is 4.45. The first-order chi connectivity index (χ1) is 15.8. The van der Waals surface area contributed by atoms with Crippen molar-refractivity contribution in [2.24, 2.45) is 0 Å². The maximum Gasteiger partial charge on any atom is 0.208 e. The van der Waals surface area contributed by atoms with E-state index < -0.39 is 0 Å². The summed E-state index contributed by atoms with van der Waals surface area (Å²) in [5.74, 6) is 0. The Labute approximate surface area is 204 Å². The summed E-state index contributed by atoms with van der Waals surface area (Å²) in [5.41, 5.74) is 9.79. The minimum atomic E-state index is 0.895. The van der Waals surface area contributed by atoms with Crippen LogP contribution in [-0.2, 0) is 0 Å². The van der Waals surface area contributed by atoms with Crippen LogP contribution in [0.25, 0.3) is 0 Å². The molecule has 2 nitrogen and oxygen atoms in total. The lowest BCUT2D eigenvalue weighted by Crippen LogP contribution is -2.15. The predicted molar refractivity (Wildman–Crippen MR) is 145 cm³/mol. The number of allylic oxidation sites excluding steroid dienone is 8. The lowest BCUT2D eigenvalue weighted by atomic mass is 9.94. The molecule has 3 rings (SSSR count). The molecule has 1 aliphatic carbocycles. The van der Waals surface area contributed by atoms with Crippen molar-refractivity contribution in [2.45, 2.75) is 47.0 Å². The summed E-state index contributed by atoms with van der Waals surface area (Å²) < 4.78 is 2.23. The first-order valence-electron chi connectivity index (χ1n) is 11.7. The molecular formula is C30H36ClN2+. The van der Waals surface area contributed by atoms with E-state index >= 15 is 0 Å². The van der Waals surface area contributed by atoms with Gasteiger partial charge in [0.25, 0.3) is 0 Å². The molecule has 0 aliphatic heterocycles. The lowest BCUT2D eigenvalue weighted by Gasteiger charge is -2.22.